The van der Waals surface area contributed by atoms with Gasteiger partial charge >= 0.3 is 0 Å². The molecule has 0 atom stereocenters. The van der Waals surface area contributed by atoms with E-state index in [1.807, 2.05) is 12.1 Å². The van der Waals surface area contributed by atoms with E-state index in [4.69, 9.17) is 5.73 Å². The molecule has 0 unspecified atom stereocenters. The van der Waals surface area contributed by atoms with Crippen molar-refractivity contribution < 1.29 is 0 Å². The van der Waals surface area contributed by atoms with Crippen LogP contribution in [0, 0.1) is 0 Å². The van der Waals surface area contributed by atoms with E-state index >= 15 is 0 Å². The number of nitrogen functional groups attached to an aromatic ring is 1. The van der Waals surface area contributed by atoms with Gasteiger partial charge in [-0.1, -0.05) is 97.1 Å². The molecule has 0 amide bonds. The van der Waals surface area contributed by atoms with Gasteiger partial charge in [0.15, 0.2) is 0 Å². The summed E-state index contributed by atoms with van der Waals surface area (Å²) in [5.74, 6) is 0. The van der Waals surface area contributed by atoms with E-state index in [1.54, 1.807) is 0 Å². The first-order chi connectivity index (χ1) is 22.2. The van der Waals surface area contributed by atoms with Gasteiger partial charge in [0.1, 0.15) is 0 Å². The van der Waals surface area contributed by atoms with Gasteiger partial charge in [-0.15, -0.1) is 0 Å². The lowest BCUT2D eigenvalue weighted by atomic mass is 9.98. The first-order valence-electron chi connectivity index (χ1n) is 15.3. The molecule has 2 heterocycles. The van der Waals surface area contributed by atoms with E-state index < -0.39 is 0 Å². The third-order valence-electron chi connectivity index (χ3n) is 9.07. The van der Waals surface area contributed by atoms with E-state index in [0.29, 0.717) is 0 Å². The minimum Gasteiger partial charge on any atom is -0.399 e. The normalized spacial score (nSPS) is 11.6. The van der Waals surface area contributed by atoms with Gasteiger partial charge in [0.05, 0.1) is 22.1 Å². The number of benzene rings is 7. The van der Waals surface area contributed by atoms with Gasteiger partial charge in [-0.25, -0.2) is 0 Å². The van der Waals surface area contributed by atoms with Crippen LogP contribution in [0.25, 0.3) is 77.2 Å². The van der Waals surface area contributed by atoms with Crippen molar-refractivity contribution in [2.75, 3.05) is 5.73 Å². The molecule has 0 aliphatic carbocycles. The molecule has 3 nitrogen and oxygen atoms in total. The molecule has 0 aliphatic rings. The zero-order valence-corrected chi connectivity index (χ0v) is 24.6. The van der Waals surface area contributed by atoms with Crippen molar-refractivity contribution in [3.05, 3.63) is 164 Å². The second kappa shape index (κ2) is 10.0. The molecule has 0 aliphatic heterocycles. The highest BCUT2D eigenvalue weighted by Crippen LogP contribution is 2.41. The van der Waals surface area contributed by atoms with Crippen molar-refractivity contribution in [2.45, 2.75) is 0 Å². The number of nitrogens with two attached hydrogens (primary N) is 1. The van der Waals surface area contributed by atoms with Crippen molar-refractivity contribution in [1.29, 1.82) is 0 Å². The summed E-state index contributed by atoms with van der Waals surface area (Å²) in [6, 6.07) is 58.6. The monoisotopic (exact) mass is 575 g/mol. The number of aromatic nitrogens is 2. The third-order valence-corrected chi connectivity index (χ3v) is 9.07. The Hall–Kier alpha value is -6.06. The van der Waals surface area contributed by atoms with Gasteiger partial charge in [0, 0.05) is 38.6 Å². The van der Waals surface area contributed by atoms with Crippen LogP contribution in [-0.2, 0) is 0 Å². The van der Waals surface area contributed by atoms with Gasteiger partial charge in [-0.05, 0) is 89.0 Å². The van der Waals surface area contributed by atoms with Gasteiger partial charge in [-0.2, -0.15) is 0 Å². The summed E-state index contributed by atoms with van der Waals surface area (Å²) in [6.07, 6.45) is 0. The van der Waals surface area contributed by atoms with Crippen molar-refractivity contribution in [3.8, 4) is 33.6 Å². The first-order valence-corrected chi connectivity index (χ1v) is 15.3. The zero-order chi connectivity index (χ0) is 29.9. The predicted molar refractivity (Wildman–Crippen MR) is 190 cm³/mol. The Balaban J connectivity index is 1.24. The highest BCUT2D eigenvalue weighted by atomic mass is 15.0. The van der Waals surface area contributed by atoms with Crippen LogP contribution in [0.2, 0.25) is 0 Å². The van der Waals surface area contributed by atoms with Crippen LogP contribution in [0.15, 0.2) is 164 Å². The molecular weight excluding hydrogens is 546 g/mol. The minimum atomic E-state index is 0.776. The van der Waals surface area contributed by atoms with Crippen LogP contribution < -0.4 is 5.73 Å². The Kier molecular flexibility index (Phi) is 5.66. The number of hydrogen-bond acceptors (Lipinski definition) is 1. The summed E-state index contributed by atoms with van der Waals surface area (Å²) in [7, 11) is 0. The Morgan fingerprint density at radius 3 is 1.64 bits per heavy atom. The van der Waals surface area contributed by atoms with Crippen molar-refractivity contribution in [3.63, 3.8) is 0 Å². The average molecular weight is 576 g/mol. The highest BCUT2D eigenvalue weighted by Gasteiger charge is 2.18. The van der Waals surface area contributed by atoms with Crippen LogP contribution in [0.3, 0.4) is 0 Å². The molecule has 212 valence electrons. The molecule has 7 aromatic carbocycles. The minimum absolute atomic E-state index is 0.776. The number of anilines is 1. The maximum atomic E-state index is 5.92. The van der Waals surface area contributed by atoms with Crippen LogP contribution in [0.1, 0.15) is 0 Å². The fraction of sp³-hybridized carbons (Fsp3) is 0. The number of fused-ring (bicyclic) bond motifs is 6. The number of rotatable bonds is 4. The number of nitrogens with zero attached hydrogens (tertiary/aromatic N) is 2. The van der Waals surface area contributed by atoms with E-state index in [9.17, 15) is 0 Å². The lowest BCUT2D eigenvalue weighted by Crippen LogP contribution is -1.94. The second-order valence-electron chi connectivity index (χ2n) is 11.6. The van der Waals surface area contributed by atoms with E-state index in [0.717, 1.165) is 16.9 Å². The molecule has 9 aromatic rings. The summed E-state index contributed by atoms with van der Waals surface area (Å²) >= 11 is 0. The molecule has 0 radical (unpaired) electrons. The summed E-state index contributed by atoms with van der Waals surface area (Å²) in [5, 5.41) is 5.03. The van der Waals surface area contributed by atoms with Crippen molar-refractivity contribution >= 4 is 49.3 Å². The lowest BCUT2D eigenvalue weighted by Gasteiger charge is -2.11. The van der Waals surface area contributed by atoms with Crippen LogP contribution in [-0.4, -0.2) is 9.13 Å². The van der Waals surface area contributed by atoms with Gasteiger partial charge in [0.25, 0.3) is 0 Å². The molecular formula is C42H29N3. The standard InChI is InChI=1S/C42H29N3/c43-31-22-17-28(18-23-31)29-19-24-33(25-20-29)44-38-14-6-4-11-35(38)37-27-30(21-26-40(37)44)34-13-8-16-41-42(34)36-12-5-7-15-39(36)45(41)32-9-2-1-3-10-32/h1-27H,43H2. The summed E-state index contributed by atoms with van der Waals surface area (Å²) in [6.45, 7) is 0. The van der Waals surface area contributed by atoms with Crippen LogP contribution >= 0.6 is 0 Å². The van der Waals surface area contributed by atoms with E-state index in [1.165, 1.54) is 66.0 Å². The smallest absolute Gasteiger partial charge is 0.0547 e. The fourth-order valence-corrected chi connectivity index (χ4v) is 7.01. The quantitative estimate of drug-likeness (QED) is 0.208. The number of para-hydroxylation sites is 3. The Labute approximate surface area is 261 Å². The molecule has 2 N–H and O–H groups in total. The Morgan fingerprint density at radius 1 is 0.356 bits per heavy atom. The average Bonchev–Trinajstić information content (AvgIpc) is 3.62. The summed E-state index contributed by atoms with van der Waals surface area (Å²) in [5.41, 5.74) is 18.6. The Morgan fingerprint density at radius 2 is 0.889 bits per heavy atom. The van der Waals surface area contributed by atoms with Crippen molar-refractivity contribution in [1.82, 2.24) is 9.13 Å². The molecule has 9 rings (SSSR count). The lowest BCUT2D eigenvalue weighted by molar-refractivity contribution is 1.18. The number of hydrogen-bond donors (Lipinski definition) is 1. The SMILES string of the molecule is Nc1ccc(-c2ccc(-n3c4ccccc4c4cc(-c5cccc6c5c5ccccc5n6-c5ccccc5)ccc43)cc2)cc1. The molecule has 2 aromatic heterocycles. The molecule has 0 fully saturated rings. The largest absolute Gasteiger partial charge is 0.399 e. The molecule has 45 heavy (non-hydrogen) atoms. The topological polar surface area (TPSA) is 35.9 Å². The van der Waals surface area contributed by atoms with Crippen molar-refractivity contribution in [2.24, 2.45) is 0 Å². The van der Waals surface area contributed by atoms with E-state index in [2.05, 4.69) is 161 Å². The highest BCUT2D eigenvalue weighted by molar-refractivity contribution is 6.17. The first kappa shape index (κ1) is 25.4. The Bertz CT molecular complexity index is 2520. The zero-order valence-electron chi connectivity index (χ0n) is 24.6. The van der Waals surface area contributed by atoms with Crippen LogP contribution in [0.5, 0.6) is 0 Å². The summed E-state index contributed by atoms with van der Waals surface area (Å²) in [4.78, 5) is 0. The molecule has 0 spiro atoms. The molecule has 0 saturated heterocycles. The van der Waals surface area contributed by atoms with E-state index in [-0.39, 0.29) is 0 Å². The fourth-order valence-electron chi connectivity index (χ4n) is 7.01. The summed E-state index contributed by atoms with van der Waals surface area (Å²) < 4.78 is 4.76. The molecule has 0 bridgehead atoms. The molecule has 3 heteroatoms. The predicted octanol–water partition coefficient (Wildman–Crippen LogP) is 10.8. The van der Waals surface area contributed by atoms with Gasteiger partial charge < -0.3 is 14.9 Å². The van der Waals surface area contributed by atoms with Crippen LogP contribution in [0.4, 0.5) is 5.69 Å². The maximum absolute atomic E-state index is 5.92. The third kappa shape index (κ3) is 3.98. The second-order valence-corrected chi connectivity index (χ2v) is 11.6. The van der Waals surface area contributed by atoms with Gasteiger partial charge in [0.2, 0.25) is 0 Å². The molecule has 0 saturated carbocycles. The maximum Gasteiger partial charge on any atom is 0.0547 e. The van der Waals surface area contributed by atoms with Gasteiger partial charge in [-0.3, -0.25) is 0 Å².